The zero-order chi connectivity index (χ0) is 12.8. The van der Waals surface area contributed by atoms with Gasteiger partial charge in [-0.05, 0) is 26.6 Å². The van der Waals surface area contributed by atoms with E-state index in [0.717, 1.165) is 0 Å². The molecule has 1 N–H and O–H groups in total. The largest absolute Gasteiger partial charge is 0.324 e. The summed E-state index contributed by atoms with van der Waals surface area (Å²) in [4.78, 5) is 5.18. The highest BCUT2D eigenvalue weighted by atomic mass is 15.4. The zero-order valence-corrected chi connectivity index (χ0v) is 12.3. The molecule has 4 heteroatoms. The first-order valence-electron chi connectivity index (χ1n) is 7.63. The molecule has 2 rings (SSSR count). The minimum absolute atomic E-state index is 1.17. The van der Waals surface area contributed by atoms with E-state index in [1.807, 2.05) is 0 Å². The van der Waals surface area contributed by atoms with Gasteiger partial charge in [-0.3, -0.25) is 4.90 Å². The summed E-state index contributed by atoms with van der Waals surface area (Å²) in [7, 11) is 4.74. The second-order valence-electron chi connectivity index (χ2n) is 6.39. The van der Waals surface area contributed by atoms with Crippen molar-refractivity contribution in [2.24, 2.45) is 0 Å². The predicted molar refractivity (Wildman–Crippen MR) is 76.8 cm³/mol. The van der Waals surface area contributed by atoms with E-state index >= 15 is 0 Å². The standard InChI is InChI=1S/C14H31N4/c1-16-7-4-8-17-9-6-15-5-3-12-18(2,13-10-16)14-11-17/h15H,3-14H2,1-2H3/q+1. The fourth-order valence-electron chi connectivity index (χ4n) is 3.09. The van der Waals surface area contributed by atoms with E-state index in [4.69, 9.17) is 0 Å². The Bertz CT molecular complexity index is 246. The van der Waals surface area contributed by atoms with Crippen LogP contribution in [0, 0.1) is 0 Å². The van der Waals surface area contributed by atoms with Crippen molar-refractivity contribution in [3.63, 3.8) is 0 Å². The van der Waals surface area contributed by atoms with E-state index in [2.05, 4.69) is 29.2 Å². The van der Waals surface area contributed by atoms with E-state index in [1.165, 1.54) is 82.8 Å². The summed E-state index contributed by atoms with van der Waals surface area (Å²) in [6.45, 7) is 12.6. The van der Waals surface area contributed by atoms with Gasteiger partial charge in [-0.2, -0.15) is 0 Å². The van der Waals surface area contributed by atoms with Gasteiger partial charge < -0.3 is 14.7 Å². The van der Waals surface area contributed by atoms with Crippen molar-refractivity contribution in [3.05, 3.63) is 0 Å². The predicted octanol–water partition coefficient (Wildman–Crippen LogP) is 0.0638. The zero-order valence-electron chi connectivity index (χ0n) is 12.3. The molecule has 2 bridgehead atoms. The monoisotopic (exact) mass is 255 g/mol. The minimum Gasteiger partial charge on any atom is -0.324 e. The molecule has 0 spiro atoms. The van der Waals surface area contributed by atoms with Crippen molar-refractivity contribution in [3.8, 4) is 0 Å². The lowest BCUT2D eigenvalue weighted by atomic mass is 10.2. The molecule has 2 unspecified atom stereocenters. The number of likely N-dealkylation sites (N-methyl/N-ethyl adjacent to an activating group) is 2. The Labute approximate surface area is 113 Å². The van der Waals surface area contributed by atoms with E-state index in [-0.39, 0.29) is 0 Å². The van der Waals surface area contributed by atoms with Crippen LogP contribution in [0.4, 0.5) is 0 Å². The second-order valence-corrected chi connectivity index (χ2v) is 6.39. The van der Waals surface area contributed by atoms with Crippen molar-refractivity contribution < 1.29 is 4.48 Å². The Morgan fingerprint density at radius 1 is 0.833 bits per heavy atom. The van der Waals surface area contributed by atoms with Crippen molar-refractivity contribution >= 4 is 0 Å². The average Bonchev–Trinajstić information content (AvgIpc) is 2.37. The molecule has 0 aliphatic carbocycles. The van der Waals surface area contributed by atoms with Crippen LogP contribution in [0.5, 0.6) is 0 Å². The van der Waals surface area contributed by atoms with Crippen LogP contribution in [-0.2, 0) is 0 Å². The molecular weight excluding hydrogens is 224 g/mol. The first-order chi connectivity index (χ1) is 8.68. The van der Waals surface area contributed by atoms with Crippen molar-refractivity contribution in [1.82, 2.24) is 15.1 Å². The number of nitrogens with one attached hydrogen (secondary N) is 1. The highest BCUT2D eigenvalue weighted by molar-refractivity contribution is 4.66. The maximum atomic E-state index is 3.59. The van der Waals surface area contributed by atoms with Crippen LogP contribution in [0.25, 0.3) is 0 Å². The van der Waals surface area contributed by atoms with Gasteiger partial charge >= 0.3 is 0 Å². The topological polar surface area (TPSA) is 18.5 Å². The molecule has 2 aliphatic rings. The molecule has 2 saturated heterocycles. The van der Waals surface area contributed by atoms with Gasteiger partial charge in [0.25, 0.3) is 0 Å². The van der Waals surface area contributed by atoms with Gasteiger partial charge in [0, 0.05) is 39.1 Å². The molecule has 2 fully saturated rings. The number of quaternary nitrogens is 1. The lowest BCUT2D eigenvalue weighted by Crippen LogP contribution is -2.55. The lowest BCUT2D eigenvalue weighted by molar-refractivity contribution is -0.908. The number of hydrogen-bond acceptors (Lipinski definition) is 3. The Hall–Kier alpha value is -0.160. The van der Waals surface area contributed by atoms with Gasteiger partial charge in [-0.25, -0.2) is 0 Å². The van der Waals surface area contributed by atoms with Crippen molar-refractivity contribution in [1.29, 1.82) is 0 Å². The molecule has 0 radical (unpaired) electrons. The summed E-state index contributed by atoms with van der Waals surface area (Å²) in [6.07, 6.45) is 2.64. The van der Waals surface area contributed by atoms with Gasteiger partial charge in [0.1, 0.15) is 0 Å². The number of fused-ring (bicyclic) bond motifs is 3. The molecule has 2 heterocycles. The van der Waals surface area contributed by atoms with Gasteiger partial charge in [-0.15, -0.1) is 0 Å². The maximum absolute atomic E-state index is 3.59. The fraction of sp³-hybridized carbons (Fsp3) is 1.00. The van der Waals surface area contributed by atoms with Crippen LogP contribution in [0.2, 0.25) is 0 Å². The molecule has 0 amide bonds. The molecule has 106 valence electrons. The highest BCUT2D eigenvalue weighted by Gasteiger charge is 2.24. The van der Waals surface area contributed by atoms with E-state index in [1.54, 1.807) is 0 Å². The van der Waals surface area contributed by atoms with Crippen molar-refractivity contribution in [2.75, 3.05) is 79.5 Å². The summed E-state index contributed by atoms with van der Waals surface area (Å²) < 4.78 is 1.25. The molecule has 18 heavy (non-hydrogen) atoms. The first kappa shape index (κ1) is 14.3. The molecule has 0 aromatic heterocycles. The number of rotatable bonds is 0. The summed E-state index contributed by atoms with van der Waals surface area (Å²) in [5, 5.41) is 3.59. The summed E-state index contributed by atoms with van der Waals surface area (Å²) in [5.74, 6) is 0. The molecule has 0 saturated carbocycles. The van der Waals surface area contributed by atoms with E-state index in [9.17, 15) is 0 Å². The summed E-state index contributed by atoms with van der Waals surface area (Å²) in [6, 6.07) is 0. The van der Waals surface area contributed by atoms with Gasteiger partial charge in [-0.1, -0.05) is 0 Å². The minimum atomic E-state index is 1.17. The van der Waals surface area contributed by atoms with Gasteiger partial charge in [0.2, 0.25) is 0 Å². The smallest absolute Gasteiger partial charge is 0.0914 e. The quantitative estimate of drug-likeness (QED) is 0.618. The number of nitrogens with zero attached hydrogens (tertiary/aromatic N) is 3. The molecule has 0 aromatic rings. The Kier molecular flexibility index (Phi) is 5.42. The molecule has 2 atom stereocenters. The Balaban J connectivity index is 2.01. The average molecular weight is 255 g/mol. The van der Waals surface area contributed by atoms with Crippen LogP contribution in [0.1, 0.15) is 12.8 Å². The molecule has 4 nitrogen and oxygen atoms in total. The molecule has 0 aromatic carbocycles. The van der Waals surface area contributed by atoms with Gasteiger partial charge in [0.05, 0.1) is 26.7 Å². The summed E-state index contributed by atoms with van der Waals surface area (Å²) in [5.41, 5.74) is 0. The number of hydrogen-bond donors (Lipinski definition) is 1. The van der Waals surface area contributed by atoms with E-state index in [0.29, 0.717) is 0 Å². The van der Waals surface area contributed by atoms with Crippen LogP contribution in [-0.4, -0.2) is 93.8 Å². The van der Waals surface area contributed by atoms with Crippen LogP contribution < -0.4 is 5.32 Å². The Morgan fingerprint density at radius 3 is 2.56 bits per heavy atom. The third-order valence-electron chi connectivity index (χ3n) is 4.65. The van der Waals surface area contributed by atoms with Gasteiger partial charge in [0.15, 0.2) is 0 Å². The SMILES string of the molecule is CN1CCCN2CCNCCC[N+](C)(CC1)CC2. The fourth-order valence-corrected chi connectivity index (χ4v) is 3.09. The third-order valence-corrected chi connectivity index (χ3v) is 4.65. The second kappa shape index (κ2) is 6.85. The van der Waals surface area contributed by atoms with Crippen LogP contribution in [0.15, 0.2) is 0 Å². The normalized spacial score (nSPS) is 37.3. The highest BCUT2D eigenvalue weighted by Crippen LogP contribution is 2.09. The lowest BCUT2D eigenvalue weighted by Gasteiger charge is -2.39. The maximum Gasteiger partial charge on any atom is 0.0914 e. The first-order valence-corrected chi connectivity index (χ1v) is 7.63. The Morgan fingerprint density at radius 2 is 1.67 bits per heavy atom. The summed E-state index contributed by atoms with van der Waals surface area (Å²) >= 11 is 0. The van der Waals surface area contributed by atoms with E-state index < -0.39 is 0 Å². The van der Waals surface area contributed by atoms with Crippen LogP contribution >= 0.6 is 0 Å². The third kappa shape index (κ3) is 4.50. The van der Waals surface area contributed by atoms with Crippen molar-refractivity contribution in [2.45, 2.75) is 12.8 Å². The molecule has 2 aliphatic heterocycles. The molecular formula is C14H31N4+. The van der Waals surface area contributed by atoms with Crippen LogP contribution in [0.3, 0.4) is 0 Å².